The van der Waals surface area contributed by atoms with E-state index in [2.05, 4.69) is 58.2 Å². The molecule has 1 heterocycles. The lowest BCUT2D eigenvalue weighted by atomic mass is 10.0. The Morgan fingerprint density at radius 3 is 3.00 bits per heavy atom. The summed E-state index contributed by atoms with van der Waals surface area (Å²) < 4.78 is 0. The van der Waals surface area contributed by atoms with Gasteiger partial charge in [-0.1, -0.05) is 40.2 Å². The van der Waals surface area contributed by atoms with Crippen molar-refractivity contribution in [1.29, 1.82) is 0 Å². The topological polar surface area (TPSA) is 12.9 Å². The highest BCUT2D eigenvalue weighted by molar-refractivity contribution is 9.09. The molecule has 2 heteroatoms. The van der Waals surface area contributed by atoms with Crippen molar-refractivity contribution in [2.45, 2.75) is 13.3 Å². The third kappa shape index (κ3) is 2.33. The highest BCUT2D eigenvalue weighted by Crippen LogP contribution is 2.23. The maximum absolute atomic E-state index is 4.37. The molecule has 0 bridgehead atoms. The first-order chi connectivity index (χ1) is 7.83. The van der Waals surface area contributed by atoms with Gasteiger partial charge in [-0.05, 0) is 36.6 Å². The molecule has 1 nitrogen and oxygen atoms in total. The Hall–Kier alpha value is -1.15. The van der Waals surface area contributed by atoms with E-state index in [-0.39, 0.29) is 0 Å². The van der Waals surface area contributed by atoms with E-state index in [1.165, 1.54) is 16.5 Å². The zero-order chi connectivity index (χ0) is 11.4. The van der Waals surface area contributed by atoms with Crippen molar-refractivity contribution in [3.05, 3.63) is 48.2 Å². The van der Waals surface area contributed by atoms with Gasteiger partial charge in [0.2, 0.25) is 0 Å². The van der Waals surface area contributed by atoms with E-state index in [1.807, 2.05) is 12.3 Å². The maximum atomic E-state index is 4.37. The number of hydrogen-bond acceptors (Lipinski definition) is 1. The number of fused-ring (bicyclic) bond motifs is 1. The predicted molar refractivity (Wildman–Crippen MR) is 73.8 cm³/mol. The molecule has 2 rings (SSSR count). The van der Waals surface area contributed by atoms with Crippen LogP contribution in [-0.2, 0) is 0 Å². The summed E-state index contributed by atoms with van der Waals surface area (Å²) >= 11 is 3.44. The van der Waals surface area contributed by atoms with Gasteiger partial charge < -0.3 is 0 Å². The average Bonchev–Trinajstić information content (AvgIpc) is 2.35. The molecule has 0 radical (unpaired) electrons. The number of benzene rings is 1. The molecular formula is C14H14BrN. The summed E-state index contributed by atoms with van der Waals surface area (Å²) in [5, 5.41) is 2.24. The Kier molecular flexibility index (Phi) is 3.73. The van der Waals surface area contributed by atoms with Crippen molar-refractivity contribution < 1.29 is 0 Å². The number of allylic oxidation sites excluding steroid dienone is 2. The van der Waals surface area contributed by atoms with Crippen molar-refractivity contribution in [2.24, 2.45) is 0 Å². The largest absolute Gasteiger partial charge is 0.256 e. The van der Waals surface area contributed by atoms with Gasteiger partial charge in [0.15, 0.2) is 0 Å². The Morgan fingerprint density at radius 1 is 1.31 bits per heavy atom. The lowest BCUT2D eigenvalue weighted by Gasteiger charge is -2.06. The fraction of sp³-hybridized carbons (Fsp3) is 0.214. The lowest BCUT2D eigenvalue weighted by Crippen LogP contribution is -1.85. The van der Waals surface area contributed by atoms with Crippen molar-refractivity contribution in [3.63, 3.8) is 0 Å². The molecule has 2 aromatic rings. The van der Waals surface area contributed by atoms with Crippen LogP contribution in [0.3, 0.4) is 0 Å². The molecule has 0 spiro atoms. The molecule has 0 N–H and O–H groups in total. The monoisotopic (exact) mass is 275 g/mol. The van der Waals surface area contributed by atoms with Crippen LogP contribution in [0.1, 0.15) is 18.9 Å². The Bertz CT molecular complexity index is 512. The molecule has 0 amide bonds. The minimum absolute atomic E-state index is 1.01. The molecule has 16 heavy (non-hydrogen) atoms. The highest BCUT2D eigenvalue weighted by Gasteiger charge is 2.01. The first-order valence-electron chi connectivity index (χ1n) is 5.40. The summed E-state index contributed by atoms with van der Waals surface area (Å²) in [6, 6.07) is 10.4. The summed E-state index contributed by atoms with van der Waals surface area (Å²) in [6.07, 6.45) is 5.16. The SMILES string of the molecule is C/C(=C/CCBr)c1cccc2ncccc12. The van der Waals surface area contributed by atoms with E-state index >= 15 is 0 Å². The van der Waals surface area contributed by atoms with Gasteiger partial charge in [-0.25, -0.2) is 0 Å². The van der Waals surface area contributed by atoms with Gasteiger partial charge in [-0.2, -0.15) is 0 Å². The number of pyridine rings is 1. The van der Waals surface area contributed by atoms with E-state index in [0.717, 1.165) is 17.3 Å². The summed E-state index contributed by atoms with van der Waals surface area (Å²) in [5.41, 5.74) is 3.66. The molecular weight excluding hydrogens is 262 g/mol. The minimum Gasteiger partial charge on any atom is -0.256 e. The second kappa shape index (κ2) is 5.26. The molecule has 0 aliphatic carbocycles. The molecule has 82 valence electrons. The van der Waals surface area contributed by atoms with Gasteiger partial charge in [0, 0.05) is 16.9 Å². The summed E-state index contributed by atoms with van der Waals surface area (Å²) in [5.74, 6) is 0. The van der Waals surface area contributed by atoms with E-state index in [9.17, 15) is 0 Å². The molecule has 0 fully saturated rings. The summed E-state index contributed by atoms with van der Waals surface area (Å²) in [6.45, 7) is 2.16. The van der Waals surface area contributed by atoms with Crippen LogP contribution in [-0.4, -0.2) is 10.3 Å². The smallest absolute Gasteiger partial charge is 0.0708 e. The van der Waals surface area contributed by atoms with Crippen LogP contribution >= 0.6 is 15.9 Å². The summed E-state index contributed by atoms with van der Waals surface area (Å²) in [4.78, 5) is 4.37. The lowest BCUT2D eigenvalue weighted by molar-refractivity contribution is 1.26. The van der Waals surface area contributed by atoms with Gasteiger partial charge in [-0.15, -0.1) is 0 Å². The molecule has 0 unspecified atom stereocenters. The molecule has 0 saturated heterocycles. The van der Waals surface area contributed by atoms with E-state index < -0.39 is 0 Å². The third-order valence-electron chi connectivity index (χ3n) is 2.63. The van der Waals surface area contributed by atoms with E-state index in [4.69, 9.17) is 0 Å². The van der Waals surface area contributed by atoms with E-state index in [0.29, 0.717) is 0 Å². The quantitative estimate of drug-likeness (QED) is 0.756. The predicted octanol–water partition coefficient (Wildman–Crippen LogP) is 4.42. The van der Waals surface area contributed by atoms with Crippen molar-refractivity contribution >= 4 is 32.4 Å². The zero-order valence-electron chi connectivity index (χ0n) is 9.28. The number of nitrogens with zero attached hydrogens (tertiary/aromatic N) is 1. The molecule has 0 atom stereocenters. The number of alkyl halides is 1. The standard InChI is InChI=1S/C14H14BrN/c1-11(5-3-9-15)12-6-2-8-14-13(12)7-4-10-16-14/h2,4-8,10H,3,9H2,1H3/b11-5-. The van der Waals surface area contributed by atoms with Crippen molar-refractivity contribution in [3.8, 4) is 0 Å². The molecule has 0 aliphatic rings. The van der Waals surface area contributed by atoms with Crippen LogP contribution in [0.4, 0.5) is 0 Å². The number of hydrogen-bond donors (Lipinski definition) is 0. The second-order valence-corrected chi connectivity index (χ2v) is 4.53. The van der Waals surface area contributed by atoms with E-state index in [1.54, 1.807) is 0 Å². The first-order valence-corrected chi connectivity index (χ1v) is 6.52. The Balaban J connectivity index is 2.52. The fourth-order valence-corrected chi connectivity index (χ4v) is 2.06. The first kappa shape index (κ1) is 11.3. The van der Waals surface area contributed by atoms with Gasteiger partial charge in [-0.3, -0.25) is 4.98 Å². The van der Waals surface area contributed by atoms with Gasteiger partial charge in [0.25, 0.3) is 0 Å². The van der Waals surface area contributed by atoms with Crippen LogP contribution in [0.15, 0.2) is 42.6 Å². The van der Waals surface area contributed by atoms with Crippen LogP contribution in [0.5, 0.6) is 0 Å². The minimum atomic E-state index is 1.01. The Morgan fingerprint density at radius 2 is 2.19 bits per heavy atom. The van der Waals surface area contributed by atoms with Crippen LogP contribution in [0.25, 0.3) is 16.5 Å². The third-order valence-corrected chi connectivity index (χ3v) is 3.09. The number of halogens is 1. The molecule has 0 aliphatic heterocycles. The van der Waals surface area contributed by atoms with Gasteiger partial charge in [0.1, 0.15) is 0 Å². The zero-order valence-corrected chi connectivity index (χ0v) is 10.9. The summed E-state index contributed by atoms with van der Waals surface area (Å²) in [7, 11) is 0. The fourth-order valence-electron chi connectivity index (χ4n) is 1.83. The van der Waals surface area contributed by atoms with Crippen LogP contribution < -0.4 is 0 Å². The van der Waals surface area contributed by atoms with Crippen molar-refractivity contribution in [1.82, 2.24) is 4.98 Å². The van der Waals surface area contributed by atoms with Gasteiger partial charge in [0.05, 0.1) is 5.52 Å². The molecule has 1 aromatic heterocycles. The van der Waals surface area contributed by atoms with Crippen LogP contribution in [0, 0.1) is 0 Å². The average molecular weight is 276 g/mol. The Labute approximate surface area is 104 Å². The molecule has 1 aromatic carbocycles. The number of aromatic nitrogens is 1. The van der Waals surface area contributed by atoms with Gasteiger partial charge >= 0.3 is 0 Å². The second-order valence-electron chi connectivity index (χ2n) is 3.74. The van der Waals surface area contributed by atoms with Crippen LogP contribution in [0.2, 0.25) is 0 Å². The number of rotatable bonds is 3. The maximum Gasteiger partial charge on any atom is 0.0708 e. The normalized spacial score (nSPS) is 12.0. The molecule has 0 saturated carbocycles. The highest BCUT2D eigenvalue weighted by atomic mass is 79.9. The van der Waals surface area contributed by atoms with Crippen molar-refractivity contribution in [2.75, 3.05) is 5.33 Å².